The number of carboxylic acids is 1. The van der Waals surface area contributed by atoms with E-state index in [0.717, 1.165) is 0 Å². The number of hydrogen-bond acceptors (Lipinski definition) is 3. The number of sulfonamides is 1. The number of carboxylic acid groups (broad SMARTS) is 1. The van der Waals surface area contributed by atoms with Crippen molar-refractivity contribution in [1.29, 1.82) is 0 Å². The average Bonchev–Trinajstić information content (AvgIpc) is 2.31. The van der Waals surface area contributed by atoms with E-state index in [1.165, 1.54) is 0 Å². The first-order chi connectivity index (χ1) is 9.54. The zero-order valence-corrected chi connectivity index (χ0v) is 12.0. The minimum atomic E-state index is -4.63. The zero-order chi connectivity index (χ0) is 16.4. The molecular weight excluding hydrogens is 311 g/mol. The zero-order valence-electron chi connectivity index (χ0n) is 11.2. The second-order valence-corrected chi connectivity index (χ2v) is 6.52. The van der Waals surface area contributed by atoms with Crippen molar-refractivity contribution in [1.82, 2.24) is 4.72 Å². The summed E-state index contributed by atoms with van der Waals surface area (Å²) in [7, 11) is -4.63. The normalized spacial score (nSPS) is 13.4. The molecule has 0 aliphatic rings. The molecule has 2 N–H and O–H groups in total. The van der Waals surface area contributed by atoms with Crippen molar-refractivity contribution in [2.75, 3.05) is 0 Å². The Kier molecular flexibility index (Phi) is 5.35. The lowest BCUT2D eigenvalue weighted by atomic mass is 10.1. The van der Waals surface area contributed by atoms with Gasteiger partial charge in [0.15, 0.2) is 11.6 Å². The summed E-state index contributed by atoms with van der Waals surface area (Å²) in [6.07, 6.45) is -0.0418. The quantitative estimate of drug-likeness (QED) is 0.782. The number of rotatable bonds is 6. The highest BCUT2D eigenvalue weighted by molar-refractivity contribution is 7.89. The van der Waals surface area contributed by atoms with E-state index in [9.17, 15) is 26.4 Å². The summed E-state index contributed by atoms with van der Waals surface area (Å²) in [5, 5.41) is 8.95. The van der Waals surface area contributed by atoms with Gasteiger partial charge < -0.3 is 5.11 Å². The molecule has 5 nitrogen and oxygen atoms in total. The predicted octanol–water partition coefficient (Wildman–Crippen LogP) is 1.88. The summed E-state index contributed by atoms with van der Waals surface area (Å²) < 4.78 is 64.9. The Hall–Kier alpha value is -1.61. The first kappa shape index (κ1) is 17.4. The summed E-state index contributed by atoms with van der Waals surface area (Å²) in [6.45, 7) is 3.34. The van der Waals surface area contributed by atoms with Crippen molar-refractivity contribution in [2.24, 2.45) is 5.92 Å². The predicted molar refractivity (Wildman–Crippen MR) is 67.5 cm³/mol. The van der Waals surface area contributed by atoms with Crippen LogP contribution in [-0.4, -0.2) is 25.5 Å². The molecule has 0 heterocycles. The second-order valence-electron chi connectivity index (χ2n) is 4.84. The maximum Gasteiger partial charge on any atom is 0.321 e. The Morgan fingerprint density at radius 2 is 1.71 bits per heavy atom. The molecule has 0 amide bonds. The second kappa shape index (κ2) is 6.44. The summed E-state index contributed by atoms with van der Waals surface area (Å²) in [6, 6.07) is -1.24. The topological polar surface area (TPSA) is 83.5 Å². The third-order valence-corrected chi connectivity index (χ3v) is 4.05. The van der Waals surface area contributed by atoms with Gasteiger partial charge in [-0.1, -0.05) is 13.8 Å². The average molecular weight is 325 g/mol. The molecule has 0 saturated carbocycles. The molecule has 1 aromatic rings. The Bertz CT molecular complexity index is 646. The molecule has 0 aliphatic heterocycles. The fourth-order valence-electron chi connectivity index (χ4n) is 1.63. The Labute approximate surface area is 119 Å². The van der Waals surface area contributed by atoms with Crippen LogP contribution in [0.15, 0.2) is 17.0 Å². The Morgan fingerprint density at radius 3 is 2.19 bits per heavy atom. The van der Waals surface area contributed by atoms with Gasteiger partial charge in [0, 0.05) is 6.07 Å². The number of aliphatic carboxylic acids is 1. The maximum atomic E-state index is 13.5. The fourth-order valence-corrected chi connectivity index (χ4v) is 2.90. The molecule has 0 saturated heterocycles. The third-order valence-electron chi connectivity index (χ3n) is 2.57. The van der Waals surface area contributed by atoms with E-state index in [2.05, 4.69) is 0 Å². The van der Waals surface area contributed by atoms with Gasteiger partial charge in [0.2, 0.25) is 10.0 Å². The van der Waals surface area contributed by atoms with Crippen molar-refractivity contribution < 1.29 is 31.5 Å². The van der Waals surface area contributed by atoms with Gasteiger partial charge in [-0.2, -0.15) is 4.72 Å². The Balaban J connectivity index is 3.16. The first-order valence-corrected chi connectivity index (χ1v) is 7.42. The molecule has 0 fully saturated rings. The molecule has 0 spiro atoms. The van der Waals surface area contributed by atoms with Crippen LogP contribution in [0.4, 0.5) is 13.2 Å². The van der Waals surface area contributed by atoms with Gasteiger partial charge in [0.1, 0.15) is 16.8 Å². The molecule has 0 bridgehead atoms. The van der Waals surface area contributed by atoms with Crippen LogP contribution in [0.1, 0.15) is 20.3 Å². The van der Waals surface area contributed by atoms with Crippen LogP contribution in [0.3, 0.4) is 0 Å². The van der Waals surface area contributed by atoms with Crippen LogP contribution in [0.5, 0.6) is 0 Å². The van der Waals surface area contributed by atoms with E-state index in [1.807, 2.05) is 0 Å². The molecule has 1 rings (SSSR count). The largest absolute Gasteiger partial charge is 0.480 e. The van der Waals surface area contributed by atoms with Gasteiger partial charge in [-0.05, 0) is 18.4 Å². The molecule has 1 aromatic carbocycles. The van der Waals surface area contributed by atoms with E-state index in [4.69, 9.17) is 5.11 Å². The number of hydrogen-bond donors (Lipinski definition) is 2. The SMILES string of the molecule is CC(C)C[C@H](NS(=O)(=O)c1cc(F)c(F)cc1F)C(=O)O. The minimum absolute atomic E-state index is 0.0418. The van der Waals surface area contributed by atoms with Crippen molar-refractivity contribution in [2.45, 2.75) is 31.2 Å². The molecule has 21 heavy (non-hydrogen) atoms. The molecule has 118 valence electrons. The van der Waals surface area contributed by atoms with E-state index in [1.54, 1.807) is 18.6 Å². The van der Waals surface area contributed by atoms with E-state index < -0.39 is 44.4 Å². The highest BCUT2D eigenvalue weighted by Crippen LogP contribution is 2.19. The minimum Gasteiger partial charge on any atom is -0.480 e. The number of benzene rings is 1. The number of carbonyl (C=O) groups is 1. The van der Waals surface area contributed by atoms with Crippen molar-refractivity contribution in [3.05, 3.63) is 29.6 Å². The van der Waals surface area contributed by atoms with Crippen LogP contribution in [-0.2, 0) is 14.8 Å². The van der Waals surface area contributed by atoms with E-state index >= 15 is 0 Å². The van der Waals surface area contributed by atoms with Gasteiger partial charge in [0.25, 0.3) is 0 Å². The van der Waals surface area contributed by atoms with Crippen LogP contribution >= 0.6 is 0 Å². The van der Waals surface area contributed by atoms with E-state index in [0.29, 0.717) is 0 Å². The lowest BCUT2D eigenvalue weighted by molar-refractivity contribution is -0.139. The molecule has 1 atom stereocenters. The summed E-state index contributed by atoms with van der Waals surface area (Å²) >= 11 is 0. The smallest absolute Gasteiger partial charge is 0.321 e. The van der Waals surface area contributed by atoms with Gasteiger partial charge in [-0.25, -0.2) is 21.6 Å². The number of nitrogens with one attached hydrogen (secondary N) is 1. The maximum absolute atomic E-state index is 13.5. The molecule has 0 aromatic heterocycles. The lowest BCUT2D eigenvalue weighted by Crippen LogP contribution is -2.41. The van der Waals surface area contributed by atoms with Gasteiger partial charge in [-0.3, -0.25) is 4.79 Å². The molecule has 0 radical (unpaired) electrons. The third kappa shape index (κ3) is 4.43. The van der Waals surface area contributed by atoms with Crippen molar-refractivity contribution >= 4 is 16.0 Å². The first-order valence-electron chi connectivity index (χ1n) is 5.94. The van der Waals surface area contributed by atoms with Gasteiger partial charge in [0.05, 0.1) is 0 Å². The Morgan fingerprint density at radius 1 is 1.19 bits per heavy atom. The molecule has 0 aliphatic carbocycles. The monoisotopic (exact) mass is 325 g/mol. The van der Waals surface area contributed by atoms with Gasteiger partial charge >= 0.3 is 5.97 Å². The number of halogens is 3. The van der Waals surface area contributed by atoms with E-state index in [-0.39, 0.29) is 24.5 Å². The fraction of sp³-hybridized carbons (Fsp3) is 0.417. The molecular formula is C12H14F3NO4S. The van der Waals surface area contributed by atoms with Crippen LogP contribution in [0, 0.1) is 23.4 Å². The summed E-state index contributed by atoms with van der Waals surface area (Å²) in [4.78, 5) is 9.85. The lowest BCUT2D eigenvalue weighted by Gasteiger charge is -2.17. The standard InChI is InChI=1S/C12H14F3NO4S/c1-6(2)3-10(12(17)18)16-21(19,20)11-5-8(14)7(13)4-9(11)15/h4-6,10,16H,3H2,1-2H3,(H,17,18)/t10-/m0/s1. The summed E-state index contributed by atoms with van der Waals surface area (Å²) in [5.74, 6) is -6.19. The van der Waals surface area contributed by atoms with Crippen LogP contribution < -0.4 is 4.72 Å². The van der Waals surface area contributed by atoms with Crippen LogP contribution in [0.2, 0.25) is 0 Å². The van der Waals surface area contributed by atoms with Crippen molar-refractivity contribution in [3.63, 3.8) is 0 Å². The highest BCUT2D eigenvalue weighted by atomic mass is 32.2. The van der Waals surface area contributed by atoms with Gasteiger partial charge in [-0.15, -0.1) is 0 Å². The molecule has 0 unspecified atom stereocenters. The van der Waals surface area contributed by atoms with Crippen LogP contribution in [0.25, 0.3) is 0 Å². The highest BCUT2D eigenvalue weighted by Gasteiger charge is 2.29. The van der Waals surface area contributed by atoms with Crippen molar-refractivity contribution in [3.8, 4) is 0 Å². The summed E-state index contributed by atoms with van der Waals surface area (Å²) in [5.41, 5.74) is 0. The molecule has 9 heteroatoms.